The molecule has 3 aromatic carbocycles. The van der Waals surface area contributed by atoms with Crippen molar-refractivity contribution in [3.8, 4) is 17.2 Å². The molecule has 2 N–H and O–H groups in total. The van der Waals surface area contributed by atoms with Crippen molar-refractivity contribution in [3.63, 3.8) is 0 Å². The molecule has 0 spiro atoms. The maximum atomic E-state index is 12.9. The number of nitrogens with zero attached hydrogens (tertiary/aromatic N) is 1. The molecule has 1 heterocycles. The number of nitrogens with one attached hydrogen (secondary N) is 2. The minimum absolute atomic E-state index is 0.258. The van der Waals surface area contributed by atoms with E-state index in [2.05, 4.69) is 15.6 Å². The molecule has 166 valence electrons. The molecule has 0 aliphatic rings. The van der Waals surface area contributed by atoms with E-state index in [1.54, 1.807) is 48.5 Å². The Morgan fingerprint density at radius 3 is 2.52 bits per heavy atom. The monoisotopic (exact) mass is 461 g/mol. The zero-order chi connectivity index (χ0) is 23.4. The molecule has 4 rings (SSSR count). The van der Waals surface area contributed by atoms with Gasteiger partial charge in [-0.3, -0.25) is 14.6 Å². The fourth-order valence-electron chi connectivity index (χ4n) is 3.33. The molecule has 0 atom stereocenters. The van der Waals surface area contributed by atoms with Crippen molar-refractivity contribution >= 4 is 39.9 Å². The molecule has 4 aromatic rings. The molecule has 0 bridgehead atoms. The summed E-state index contributed by atoms with van der Waals surface area (Å²) in [5, 5.41) is 7.40. The van der Waals surface area contributed by atoms with Crippen molar-refractivity contribution in [2.24, 2.45) is 0 Å². The Bertz CT molecular complexity index is 1360. The summed E-state index contributed by atoms with van der Waals surface area (Å²) in [6.45, 7) is 0. The van der Waals surface area contributed by atoms with E-state index in [-0.39, 0.29) is 17.5 Å². The van der Waals surface area contributed by atoms with Crippen LogP contribution in [0.25, 0.3) is 10.8 Å². The SMILES string of the molecule is CNC(=O)c1cc(Oc2ccc3c(C(=O)Nc4ccc(OC)c(Cl)c4)cccc3c2)ccn1. The number of hydrogen-bond acceptors (Lipinski definition) is 5. The van der Waals surface area contributed by atoms with Gasteiger partial charge in [-0.15, -0.1) is 0 Å². The zero-order valence-corrected chi connectivity index (χ0v) is 18.6. The highest BCUT2D eigenvalue weighted by molar-refractivity contribution is 6.32. The smallest absolute Gasteiger partial charge is 0.269 e. The fourth-order valence-corrected chi connectivity index (χ4v) is 3.59. The van der Waals surface area contributed by atoms with E-state index < -0.39 is 0 Å². The highest BCUT2D eigenvalue weighted by atomic mass is 35.5. The summed E-state index contributed by atoms with van der Waals surface area (Å²) in [5.74, 6) is 1.01. The molecule has 1 aromatic heterocycles. The number of fused-ring (bicyclic) bond motifs is 1. The van der Waals surface area contributed by atoms with Crippen LogP contribution in [0.4, 0.5) is 5.69 Å². The number of hydrogen-bond donors (Lipinski definition) is 2. The maximum Gasteiger partial charge on any atom is 0.269 e. The standard InChI is InChI=1S/C25H20ClN3O4/c1-27-25(31)22-14-18(10-11-28-22)33-17-7-8-19-15(12-17)4-3-5-20(19)24(30)29-16-6-9-23(32-2)21(26)13-16/h3-14H,1-2H3,(H,27,31)(H,29,30). The Labute approximate surface area is 195 Å². The summed E-state index contributed by atoms with van der Waals surface area (Å²) in [7, 11) is 3.07. The van der Waals surface area contributed by atoms with E-state index in [1.165, 1.54) is 20.4 Å². The van der Waals surface area contributed by atoms with Gasteiger partial charge in [-0.1, -0.05) is 23.7 Å². The summed E-state index contributed by atoms with van der Waals surface area (Å²) < 4.78 is 11.1. The van der Waals surface area contributed by atoms with Crippen molar-refractivity contribution in [2.45, 2.75) is 0 Å². The number of carbonyl (C=O) groups is 2. The lowest BCUT2D eigenvalue weighted by Crippen LogP contribution is -2.18. The number of anilines is 1. The minimum atomic E-state index is -0.298. The number of carbonyl (C=O) groups excluding carboxylic acids is 2. The molecule has 0 radical (unpaired) electrons. The number of halogens is 1. The Kier molecular flexibility index (Phi) is 6.42. The number of benzene rings is 3. The van der Waals surface area contributed by atoms with E-state index >= 15 is 0 Å². The van der Waals surface area contributed by atoms with Crippen molar-refractivity contribution in [1.82, 2.24) is 10.3 Å². The van der Waals surface area contributed by atoms with Crippen LogP contribution in [0.5, 0.6) is 17.2 Å². The molecule has 0 fully saturated rings. The molecule has 8 heteroatoms. The normalized spacial score (nSPS) is 10.5. The van der Waals surface area contributed by atoms with Gasteiger partial charge in [0, 0.05) is 30.6 Å². The third-order valence-electron chi connectivity index (χ3n) is 4.93. The Morgan fingerprint density at radius 1 is 0.939 bits per heavy atom. The fraction of sp³-hybridized carbons (Fsp3) is 0.0800. The van der Waals surface area contributed by atoms with Crippen LogP contribution in [0, 0.1) is 0 Å². The topological polar surface area (TPSA) is 89.5 Å². The Hall–Kier alpha value is -4.10. The minimum Gasteiger partial charge on any atom is -0.495 e. The zero-order valence-electron chi connectivity index (χ0n) is 17.9. The molecule has 0 saturated carbocycles. The van der Waals surface area contributed by atoms with Gasteiger partial charge in [-0.2, -0.15) is 0 Å². The van der Waals surface area contributed by atoms with Crippen LogP contribution in [0.2, 0.25) is 5.02 Å². The van der Waals surface area contributed by atoms with Crippen molar-refractivity contribution < 1.29 is 19.1 Å². The van der Waals surface area contributed by atoms with Gasteiger partial charge in [-0.05, 0) is 59.3 Å². The van der Waals surface area contributed by atoms with Gasteiger partial charge in [0.25, 0.3) is 11.8 Å². The van der Waals surface area contributed by atoms with Crippen LogP contribution >= 0.6 is 11.6 Å². The summed E-state index contributed by atoms with van der Waals surface area (Å²) >= 11 is 6.16. The van der Waals surface area contributed by atoms with Crippen LogP contribution in [0.3, 0.4) is 0 Å². The average Bonchev–Trinajstić information content (AvgIpc) is 2.83. The largest absolute Gasteiger partial charge is 0.495 e. The number of amides is 2. The summed E-state index contributed by atoms with van der Waals surface area (Å²) in [6, 6.07) is 19.2. The highest BCUT2D eigenvalue weighted by Gasteiger charge is 2.13. The summed E-state index contributed by atoms with van der Waals surface area (Å²) in [6.07, 6.45) is 1.51. The number of methoxy groups -OCH3 is 1. The van der Waals surface area contributed by atoms with E-state index in [1.807, 2.05) is 18.2 Å². The van der Waals surface area contributed by atoms with Gasteiger partial charge >= 0.3 is 0 Å². The van der Waals surface area contributed by atoms with E-state index in [4.69, 9.17) is 21.1 Å². The second-order valence-electron chi connectivity index (χ2n) is 7.05. The van der Waals surface area contributed by atoms with E-state index in [9.17, 15) is 9.59 Å². The Morgan fingerprint density at radius 2 is 1.76 bits per heavy atom. The Balaban J connectivity index is 1.58. The number of aromatic nitrogens is 1. The summed E-state index contributed by atoms with van der Waals surface area (Å²) in [4.78, 5) is 28.8. The summed E-state index contributed by atoms with van der Waals surface area (Å²) in [5.41, 5.74) is 1.33. The first-order valence-electron chi connectivity index (χ1n) is 10.0. The molecule has 33 heavy (non-hydrogen) atoms. The third-order valence-corrected chi connectivity index (χ3v) is 5.23. The molecule has 0 saturated heterocycles. The lowest BCUT2D eigenvalue weighted by molar-refractivity contribution is 0.0957. The van der Waals surface area contributed by atoms with Gasteiger partial charge < -0.3 is 20.1 Å². The first-order chi connectivity index (χ1) is 16.0. The van der Waals surface area contributed by atoms with Gasteiger partial charge in [-0.25, -0.2) is 0 Å². The van der Waals surface area contributed by atoms with Crippen LogP contribution in [0.1, 0.15) is 20.8 Å². The lowest BCUT2D eigenvalue weighted by atomic mass is 10.0. The average molecular weight is 462 g/mol. The molecular weight excluding hydrogens is 442 g/mol. The van der Waals surface area contributed by atoms with Crippen LogP contribution in [-0.2, 0) is 0 Å². The van der Waals surface area contributed by atoms with Gasteiger partial charge in [0.05, 0.1) is 12.1 Å². The predicted octanol–water partition coefficient (Wildman–Crippen LogP) is 5.30. The van der Waals surface area contributed by atoms with Gasteiger partial charge in [0.2, 0.25) is 0 Å². The molecule has 0 unspecified atom stereocenters. The van der Waals surface area contributed by atoms with Crippen LogP contribution in [-0.4, -0.2) is 31.0 Å². The van der Waals surface area contributed by atoms with Crippen LogP contribution in [0.15, 0.2) is 72.9 Å². The third kappa shape index (κ3) is 4.88. The van der Waals surface area contributed by atoms with Gasteiger partial charge in [0.15, 0.2) is 0 Å². The molecule has 0 aliphatic heterocycles. The quantitative estimate of drug-likeness (QED) is 0.406. The number of rotatable bonds is 6. The number of ether oxygens (including phenoxy) is 2. The van der Waals surface area contributed by atoms with Gasteiger partial charge in [0.1, 0.15) is 22.9 Å². The first-order valence-corrected chi connectivity index (χ1v) is 10.4. The maximum absolute atomic E-state index is 12.9. The molecule has 2 amide bonds. The molecule has 7 nitrogen and oxygen atoms in total. The second-order valence-corrected chi connectivity index (χ2v) is 7.46. The van der Waals surface area contributed by atoms with E-state index in [0.29, 0.717) is 33.5 Å². The van der Waals surface area contributed by atoms with Crippen molar-refractivity contribution in [2.75, 3.05) is 19.5 Å². The van der Waals surface area contributed by atoms with E-state index in [0.717, 1.165) is 10.8 Å². The predicted molar refractivity (Wildman–Crippen MR) is 128 cm³/mol. The molecule has 0 aliphatic carbocycles. The van der Waals surface area contributed by atoms with Crippen molar-refractivity contribution in [3.05, 3.63) is 89.2 Å². The number of pyridine rings is 1. The second kappa shape index (κ2) is 9.58. The van der Waals surface area contributed by atoms with Crippen molar-refractivity contribution in [1.29, 1.82) is 0 Å². The lowest BCUT2D eigenvalue weighted by Gasteiger charge is -2.11. The highest BCUT2D eigenvalue weighted by Crippen LogP contribution is 2.30. The molecular formula is C25H20ClN3O4. The van der Waals surface area contributed by atoms with Crippen LogP contribution < -0.4 is 20.1 Å². The first kappa shape index (κ1) is 22.1.